The molecule has 90 valence electrons. The minimum absolute atomic E-state index is 0.245. The molecular formula is C14H19N3. The van der Waals surface area contributed by atoms with Crippen LogP contribution in [0.4, 0.5) is 11.4 Å². The zero-order chi connectivity index (χ0) is 12.3. The fourth-order valence-corrected chi connectivity index (χ4v) is 2.25. The van der Waals surface area contributed by atoms with Crippen molar-refractivity contribution in [3.8, 4) is 6.07 Å². The van der Waals surface area contributed by atoms with Gasteiger partial charge in [-0.2, -0.15) is 5.26 Å². The molecule has 1 fully saturated rings. The fourth-order valence-electron chi connectivity index (χ4n) is 2.25. The summed E-state index contributed by atoms with van der Waals surface area (Å²) in [7, 11) is 0. The maximum absolute atomic E-state index is 8.85. The van der Waals surface area contributed by atoms with Gasteiger partial charge in [0.1, 0.15) is 0 Å². The van der Waals surface area contributed by atoms with E-state index in [-0.39, 0.29) is 5.41 Å². The van der Waals surface area contributed by atoms with Crippen LogP contribution in [0.15, 0.2) is 24.3 Å². The zero-order valence-corrected chi connectivity index (χ0v) is 10.3. The molecule has 0 spiro atoms. The monoisotopic (exact) mass is 229 g/mol. The first-order chi connectivity index (χ1) is 8.19. The Hall–Kier alpha value is -1.69. The van der Waals surface area contributed by atoms with E-state index in [0.29, 0.717) is 6.42 Å². The van der Waals surface area contributed by atoms with E-state index in [0.717, 1.165) is 24.5 Å². The van der Waals surface area contributed by atoms with Gasteiger partial charge in [0.15, 0.2) is 0 Å². The van der Waals surface area contributed by atoms with Crippen LogP contribution in [0.3, 0.4) is 0 Å². The molecule has 0 aromatic heterocycles. The topological polar surface area (TPSA) is 53.0 Å². The first-order valence-corrected chi connectivity index (χ1v) is 6.16. The van der Waals surface area contributed by atoms with Gasteiger partial charge in [0, 0.05) is 36.3 Å². The Bertz CT molecular complexity index is 429. The predicted molar refractivity (Wildman–Crippen MR) is 70.6 cm³/mol. The van der Waals surface area contributed by atoms with E-state index in [1.165, 1.54) is 12.8 Å². The molecule has 0 heterocycles. The molecule has 1 aromatic carbocycles. The molecule has 3 heteroatoms. The molecule has 0 atom stereocenters. The highest BCUT2D eigenvalue weighted by molar-refractivity contribution is 5.56. The molecule has 1 aliphatic carbocycles. The number of nitrogens with two attached hydrogens (primary N) is 1. The normalized spacial score (nSPS) is 16.2. The second kappa shape index (κ2) is 4.67. The van der Waals surface area contributed by atoms with E-state index in [9.17, 15) is 0 Å². The van der Waals surface area contributed by atoms with Crippen molar-refractivity contribution in [2.45, 2.75) is 26.2 Å². The SMILES string of the molecule is CCN(CC1(CC#N)CC1)c1cccc(N)c1. The Balaban J connectivity index is 2.10. The first kappa shape index (κ1) is 11.8. The maximum atomic E-state index is 8.85. The number of nitrogen functional groups attached to an aromatic ring is 1. The van der Waals surface area contributed by atoms with Crippen LogP contribution in [0.1, 0.15) is 26.2 Å². The molecule has 0 aliphatic heterocycles. The molecule has 1 saturated carbocycles. The minimum Gasteiger partial charge on any atom is -0.399 e. The smallest absolute Gasteiger partial charge is 0.0628 e. The lowest BCUT2D eigenvalue weighted by molar-refractivity contribution is 0.513. The summed E-state index contributed by atoms with van der Waals surface area (Å²) in [6.07, 6.45) is 3.03. The lowest BCUT2D eigenvalue weighted by Crippen LogP contribution is -2.30. The fraction of sp³-hybridized carbons (Fsp3) is 0.500. The first-order valence-electron chi connectivity index (χ1n) is 6.16. The van der Waals surface area contributed by atoms with Crippen LogP contribution in [0, 0.1) is 16.7 Å². The van der Waals surface area contributed by atoms with Gasteiger partial charge in [0.2, 0.25) is 0 Å². The number of benzene rings is 1. The van der Waals surface area contributed by atoms with Crippen LogP contribution in [0.25, 0.3) is 0 Å². The van der Waals surface area contributed by atoms with Crippen molar-refractivity contribution < 1.29 is 0 Å². The van der Waals surface area contributed by atoms with Gasteiger partial charge in [-0.3, -0.25) is 0 Å². The van der Waals surface area contributed by atoms with E-state index in [1.54, 1.807) is 0 Å². The van der Waals surface area contributed by atoms with Gasteiger partial charge in [-0.1, -0.05) is 6.07 Å². The van der Waals surface area contributed by atoms with Crippen LogP contribution in [-0.2, 0) is 0 Å². The Morgan fingerprint density at radius 3 is 2.76 bits per heavy atom. The van der Waals surface area contributed by atoms with Crippen molar-refractivity contribution in [2.75, 3.05) is 23.7 Å². The highest BCUT2D eigenvalue weighted by Crippen LogP contribution is 2.49. The number of nitrogens with zero attached hydrogens (tertiary/aromatic N) is 2. The van der Waals surface area contributed by atoms with Gasteiger partial charge in [-0.15, -0.1) is 0 Å². The average molecular weight is 229 g/mol. The predicted octanol–water partition coefficient (Wildman–Crippen LogP) is 2.79. The highest BCUT2D eigenvalue weighted by Gasteiger charge is 2.43. The van der Waals surface area contributed by atoms with Crippen molar-refractivity contribution in [1.29, 1.82) is 5.26 Å². The maximum Gasteiger partial charge on any atom is 0.0628 e. The van der Waals surface area contributed by atoms with E-state index < -0.39 is 0 Å². The molecule has 2 N–H and O–H groups in total. The molecule has 3 nitrogen and oxygen atoms in total. The van der Waals surface area contributed by atoms with Crippen LogP contribution >= 0.6 is 0 Å². The third kappa shape index (κ3) is 2.71. The van der Waals surface area contributed by atoms with Crippen molar-refractivity contribution in [3.05, 3.63) is 24.3 Å². The summed E-state index contributed by atoms with van der Waals surface area (Å²) in [6, 6.07) is 10.3. The van der Waals surface area contributed by atoms with Gasteiger partial charge in [-0.25, -0.2) is 0 Å². The van der Waals surface area contributed by atoms with E-state index in [2.05, 4.69) is 24.0 Å². The summed E-state index contributed by atoms with van der Waals surface area (Å²) in [5.41, 5.74) is 8.02. The van der Waals surface area contributed by atoms with Gasteiger partial charge >= 0.3 is 0 Å². The molecular weight excluding hydrogens is 210 g/mol. The minimum atomic E-state index is 0.245. The standard InChI is InChI=1S/C14H19N3/c1-2-17(11-14(6-7-14)8-9-15)13-5-3-4-12(16)10-13/h3-5,10H,2,6-8,11,16H2,1H3. The molecule has 1 aromatic rings. The van der Waals surface area contributed by atoms with Crippen molar-refractivity contribution in [2.24, 2.45) is 5.41 Å². The van der Waals surface area contributed by atoms with Crippen molar-refractivity contribution in [3.63, 3.8) is 0 Å². The van der Waals surface area contributed by atoms with Crippen LogP contribution in [0.2, 0.25) is 0 Å². The number of hydrogen-bond acceptors (Lipinski definition) is 3. The Morgan fingerprint density at radius 2 is 2.24 bits per heavy atom. The van der Waals surface area contributed by atoms with E-state index in [1.807, 2.05) is 18.2 Å². The molecule has 0 bridgehead atoms. The summed E-state index contributed by atoms with van der Waals surface area (Å²) in [6.45, 7) is 4.07. The molecule has 0 saturated heterocycles. The quantitative estimate of drug-likeness (QED) is 0.790. The molecule has 17 heavy (non-hydrogen) atoms. The van der Waals surface area contributed by atoms with Gasteiger partial charge in [-0.05, 0) is 38.0 Å². The van der Waals surface area contributed by atoms with E-state index >= 15 is 0 Å². The molecule has 2 rings (SSSR count). The van der Waals surface area contributed by atoms with Crippen LogP contribution < -0.4 is 10.6 Å². The Labute approximate surface area is 103 Å². The highest BCUT2D eigenvalue weighted by atomic mass is 15.1. The molecule has 0 amide bonds. The second-order valence-corrected chi connectivity index (χ2v) is 4.94. The van der Waals surface area contributed by atoms with Crippen LogP contribution in [-0.4, -0.2) is 13.1 Å². The number of hydrogen-bond donors (Lipinski definition) is 1. The van der Waals surface area contributed by atoms with Gasteiger partial charge < -0.3 is 10.6 Å². The van der Waals surface area contributed by atoms with Crippen molar-refractivity contribution >= 4 is 11.4 Å². The lowest BCUT2D eigenvalue weighted by Gasteiger charge is -2.27. The van der Waals surface area contributed by atoms with Gasteiger partial charge in [0.05, 0.1) is 6.07 Å². The lowest BCUT2D eigenvalue weighted by atomic mass is 10.0. The Morgan fingerprint density at radius 1 is 1.47 bits per heavy atom. The van der Waals surface area contributed by atoms with E-state index in [4.69, 9.17) is 11.0 Å². The third-order valence-electron chi connectivity index (χ3n) is 3.55. The number of rotatable bonds is 5. The van der Waals surface area contributed by atoms with Gasteiger partial charge in [0.25, 0.3) is 0 Å². The molecule has 0 unspecified atom stereocenters. The molecule has 0 radical (unpaired) electrons. The second-order valence-electron chi connectivity index (χ2n) is 4.94. The largest absolute Gasteiger partial charge is 0.399 e. The zero-order valence-electron chi connectivity index (χ0n) is 10.3. The summed E-state index contributed by atoms with van der Waals surface area (Å²) in [5.74, 6) is 0. The Kier molecular flexibility index (Phi) is 3.23. The summed E-state index contributed by atoms with van der Waals surface area (Å²) in [5, 5.41) is 8.85. The summed E-state index contributed by atoms with van der Waals surface area (Å²) in [4.78, 5) is 2.32. The summed E-state index contributed by atoms with van der Waals surface area (Å²) >= 11 is 0. The average Bonchev–Trinajstić information content (AvgIpc) is 3.07. The summed E-state index contributed by atoms with van der Waals surface area (Å²) < 4.78 is 0. The van der Waals surface area contributed by atoms with Crippen molar-refractivity contribution in [1.82, 2.24) is 0 Å². The molecule has 1 aliphatic rings. The number of anilines is 2. The third-order valence-corrected chi connectivity index (χ3v) is 3.55. The number of nitriles is 1. The van der Waals surface area contributed by atoms with Crippen LogP contribution in [0.5, 0.6) is 0 Å².